The van der Waals surface area contributed by atoms with Crippen LogP contribution in [0.3, 0.4) is 0 Å². The summed E-state index contributed by atoms with van der Waals surface area (Å²) in [5, 5.41) is 1.05. The van der Waals surface area contributed by atoms with Crippen molar-refractivity contribution in [3.05, 3.63) is 65.7 Å². The van der Waals surface area contributed by atoms with Crippen molar-refractivity contribution in [2.24, 2.45) is 0 Å². The molecule has 1 unspecified atom stereocenters. The SMILES string of the molecule is CS(=O)(=O)c1ccc(C2=CC(C(F)(F)F)NN2c2ccc(F)cc2)cc1F. The van der Waals surface area contributed by atoms with Gasteiger partial charge in [0.05, 0.1) is 11.4 Å². The van der Waals surface area contributed by atoms with Crippen molar-refractivity contribution in [2.75, 3.05) is 11.3 Å². The van der Waals surface area contributed by atoms with Crippen LogP contribution < -0.4 is 10.4 Å². The Balaban J connectivity index is 2.08. The summed E-state index contributed by atoms with van der Waals surface area (Å²) in [6.07, 6.45) is -2.95. The average Bonchev–Trinajstić information content (AvgIpc) is 2.99. The molecular formula is C17H13F5N2O2S. The largest absolute Gasteiger partial charge is 0.409 e. The van der Waals surface area contributed by atoms with E-state index in [0.717, 1.165) is 41.6 Å². The maximum absolute atomic E-state index is 14.2. The lowest BCUT2D eigenvalue weighted by molar-refractivity contribution is -0.142. The lowest BCUT2D eigenvalue weighted by Gasteiger charge is -2.25. The van der Waals surface area contributed by atoms with E-state index in [-0.39, 0.29) is 16.9 Å². The second-order valence-electron chi connectivity index (χ2n) is 5.93. The second-order valence-corrected chi connectivity index (χ2v) is 7.91. The molecule has 1 aliphatic rings. The van der Waals surface area contributed by atoms with Gasteiger partial charge in [-0.05, 0) is 42.5 Å². The molecule has 0 spiro atoms. The quantitative estimate of drug-likeness (QED) is 0.794. The van der Waals surface area contributed by atoms with E-state index in [2.05, 4.69) is 5.43 Å². The van der Waals surface area contributed by atoms with Crippen molar-refractivity contribution >= 4 is 21.2 Å². The van der Waals surface area contributed by atoms with E-state index in [1.807, 2.05) is 0 Å². The molecule has 1 atom stereocenters. The van der Waals surface area contributed by atoms with E-state index in [1.54, 1.807) is 0 Å². The Hall–Kier alpha value is -2.46. The number of sulfone groups is 1. The Morgan fingerprint density at radius 1 is 1.04 bits per heavy atom. The smallest absolute Gasteiger partial charge is 0.276 e. The van der Waals surface area contributed by atoms with Crippen LogP contribution in [0.2, 0.25) is 0 Å². The Morgan fingerprint density at radius 2 is 1.67 bits per heavy atom. The number of alkyl halides is 3. The first-order valence-corrected chi connectivity index (χ1v) is 9.46. The van der Waals surface area contributed by atoms with Gasteiger partial charge in [0.1, 0.15) is 22.6 Å². The number of nitrogens with zero attached hydrogens (tertiary/aromatic N) is 1. The fraction of sp³-hybridized carbons (Fsp3) is 0.176. The van der Waals surface area contributed by atoms with Crippen LogP contribution in [-0.2, 0) is 9.84 Å². The number of hydrogen-bond donors (Lipinski definition) is 1. The Morgan fingerprint density at radius 3 is 2.19 bits per heavy atom. The van der Waals surface area contributed by atoms with Gasteiger partial charge in [-0.3, -0.25) is 5.01 Å². The molecule has 144 valence electrons. The fourth-order valence-electron chi connectivity index (χ4n) is 2.64. The first-order valence-electron chi connectivity index (χ1n) is 7.57. The molecule has 0 bridgehead atoms. The minimum absolute atomic E-state index is 0.0310. The predicted molar refractivity (Wildman–Crippen MR) is 89.3 cm³/mol. The highest BCUT2D eigenvalue weighted by Crippen LogP contribution is 2.35. The average molecular weight is 404 g/mol. The molecule has 0 saturated heterocycles. The zero-order valence-electron chi connectivity index (χ0n) is 13.8. The van der Waals surface area contributed by atoms with Crippen LogP contribution in [0.25, 0.3) is 5.70 Å². The summed E-state index contributed by atoms with van der Waals surface area (Å²) in [5.74, 6) is -1.65. The van der Waals surface area contributed by atoms with Crippen LogP contribution in [0, 0.1) is 11.6 Å². The predicted octanol–water partition coefficient (Wildman–Crippen LogP) is 3.66. The van der Waals surface area contributed by atoms with Gasteiger partial charge in [-0.15, -0.1) is 0 Å². The molecule has 2 aromatic rings. The molecule has 0 saturated carbocycles. The minimum atomic E-state index is -4.62. The fourth-order valence-corrected chi connectivity index (χ4v) is 3.36. The van der Waals surface area contributed by atoms with E-state index in [0.29, 0.717) is 0 Å². The molecule has 0 aromatic heterocycles. The monoisotopic (exact) mass is 404 g/mol. The Labute approximate surface area is 151 Å². The highest BCUT2D eigenvalue weighted by atomic mass is 32.2. The lowest BCUT2D eigenvalue weighted by Crippen LogP contribution is -2.44. The highest BCUT2D eigenvalue weighted by Gasteiger charge is 2.43. The first-order chi connectivity index (χ1) is 12.5. The van der Waals surface area contributed by atoms with Gasteiger partial charge in [-0.25, -0.2) is 22.6 Å². The third kappa shape index (κ3) is 3.96. The maximum atomic E-state index is 14.2. The highest BCUT2D eigenvalue weighted by molar-refractivity contribution is 7.90. The number of rotatable bonds is 3. The van der Waals surface area contributed by atoms with E-state index >= 15 is 0 Å². The van der Waals surface area contributed by atoms with Crippen molar-refractivity contribution in [1.82, 2.24) is 5.43 Å². The zero-order chi connectivity index (χ0) is 20.0. The number of nitrogens with one attached hydrogen (secondary N) is 1. The van der Waals surface area contributed by atoms with Crippen molar-refractivity contribution < 1.29 is 30.4 Å². The molecule has 3 rings (SSSR count). The van der Waals surface area contributed by atoms with Crippen LogP contribution in [0.15, 0.2) is 53.4 Å². The molecule has 0 aliphatic carbocycles. The summed E-state index contributed by atoms with van der Waals surface area (Å²) in [4.78, 5) is -0.557. The van der Waals surface area contributed by atoms with E-state index < -0.39 is 38.6 Å². The van der Waals surface area contributed by atoms with Crippen LogP contribution in [0.1, 0.15) is 5.56 Å². The molecule has 0 amide bonds. The summed E-state index contributed by atoms with van der Waals surface area (Å²) in [5.41, 5.74) is 2.42. The molecule has 27 heavy (non-hydrogen) atoms. The normalized spacial score (nSPS) is 17.9. The molecule has 1 N–H and O–H groups in total. The van der Waals surface area contributed by atoms with Gasteiger partial charge in [0.25, 0.3) is 0 Å². The number of anilines is 1. The third-order valence-electron chi connectivity index (χ3n) is 3.90. The number of hydrazine groups is 1. The van der Waals surface area contributed by atoms with Crippen molar-refractivity contribution in [2.45, 2.75) is 17.1 Å². The van der Waals surface area contributed by atoms with Gasteiger partial charge < -0.3 is 0 Å². The van der Waals surface area contributed by atoms with Crippen molar-refractivity contribution in [1.29, 1.82) is 0 Å². The first kappa shape index (κ1) is 19.3. The molecule has 1 heterocycles. The van der Waals surface area contributed by atoms with Crippen LogP contribution in [0.4, 0.5) is 27.6 Å². The van der Waals surface area contributed by atoms with Gasteiger partial charge in [-0.2, -0.15) is 13.2 Å². The van der Waals surface area contributed by atoms with Crippen LogP contribution >= 0.6 is 0 Å². The van der Waals surface area contributed by atoms with Crippen LogP contribution in [-0.4, -0.2) is 26.9 Å². The van der Waals surface area contributed by atoms with Gasteiger partial charge >= 0.3 is 6.18 Å². The molecule has 4 nitrogen and oxygen atoms in total. The second kappa shape index (κ2) is 6.61. The maximum Gasteiger partial charge on any atom is 0.409 e. The van der Waals surface area contributed by atoms with E-state index in [1.165, 1.54) is 18.2 Å². The van der Waals surface area contributed by atoms with Gasteiger partial charge in [0, 0.05) is 11.8 Å². The number of hydrogen-bond acceptors (Lipinski definition) is 4. The number of halogens is 5. The van der Waals surface area contributed by atoms with Gasteiger partial charge in [-0.1, -0.05) is 6.07 Å². The van der Waals surface area contributed by atoms with Crippen molar-refractivity contribution in [3.63, 3.8) is 0 Å². The number of benzene rings is 2. The Kier molecular flexibility index (Phi) is 4.73. The molecule has 1 aliphatic heterocycles. The molecule has 0 radical (unpaired) electrons. The van der Waals surface area contributed by atoms with E-state index in [4.69, 9.17) is 0 Å². The summed E-state index contributed by atoms with van der Waals surface area (Å²) in [6, 6.07) is 5.67. The summed E-state index contributed by atoms with van der Waals surface area (Å²) in [7, 11) is -3.82. The van der Waals surface area contributed by atoms with Gasteiger partial charge in [0.2, 0.25) is 0 Å². The van der Waals surface area contributed by atoms with E-state index in [9.17, 15) is 30.4 Å². The summed E-state index contributed by atoms with van der Waals surface area (Å²) < 4.78 is 89.8. The minimum Gasteiger partial charge on any atom is -0.276 e. The standard InChI is InChI=1S/C17H13F5N2O2S/c1-27(25,26)15-7-2-10(8-13(15)19)14-9-16(17(20,21)22)23-24(14)12-5-3-11(18)4-6-12/h2-9,16,23H,1H3. The zero-order valence-corrected chi connectivity index (χ0v) is 14.6. The molecule has 2 aromatic carbocycles. The Bertz CT molecular complexity index is 1000. The molecule has 0 fully saturated rings. The lowest BCUT2D eigenvalue weighted by atomic mass is 10.1. The summed E-state index contributed by atoms with van der Waals surface area (Å²) in [6.45, 7) is 0. The van der Waals surface area contributed by atoms with Crippen LogP contribution in [0.5, 0.6) is 0 Å². The van der Waals surface area contributed by atoms with Gasteiger partial charge in [0.15, 0.2) is 9.84 Å². The van der Waals surface area contributed by atoms with Crippen molar-refractivity contribution in [3.8, 4) is 0 Å². The summed E-state index contributed by atoms with van der Waals surface area (Å²) >= 11 is 0. The molecule has 10 heteroatoms. The molecular weight excluding hydrogens is 391 g/mol. The third-order valence-corrected chi connectivity index (χ3v) is 5.03. The topological polar surface area (TPSA) is 49.4 Å².